The Morgan fingerprint density at radius 2 is 0.837 bits per heavy atom. The third kappa shape index (κ3) is 32.2. The molecule has 0 aliphatic rings. The summed E-state index contributed by atoms with van der Waals surface area (Å²) in [6, 6.07) is -11.4. The normalized spacial score (nSPS) is 15.3. The second-order valence-electron chi connectivity index (χ2n) is 26.1. The highest BCUT2D eigenvalue weighted by Crippen LogP contribution is 2.14. The molecule has 1 heterocycles. The Kier molecular flexibility index (Phi) is 39.9. The maximum atomic E-state index is 14.3. The number of nitrogens with one attached hydrogen (secondary N) is 13. The Morgan fingerprint density at radius 3 is 1.30 bits per heavy atom. The SMILES string of the molecule is CC(C)[C@H](NC(=O)[C@H](CC(N)=O)NC(=O)[C@H](CC(N)=O)NC(=O)[C@H](C)NC(=O)[C@H](Cc1ccccc1)NC(=O)[C@@H](N)CCCCN)C(=O)N[C@H](C(=O)N[C@@H](CCC(N)=O)C(=O)N[C@@H](CCCCN)C(=O)N[C@@H](CS)C(=O)N[C@H](C(=O)N[C@H](C(=O)N[C@@H](Cc1c[nH]cn1)C(=O)O)[C@@H](C)O)C(C)C)C(C)C. The van der Waals surface area contributed by atoms with Crippen LogP contribution in [0, 0.1) is 17.8 Å². The minimum absolute atomic E-state index is 0.0319. The molecule has 2 rings (SSSR count). The average Bonchev–Trinajstić information content (AvgIpc) is 0.855. The molecule has 0 spiro atoms. The Morgan fingerprint density at radius 1 is 0.442 bits per heavy atom. The molecule has 1 aromatic carbocycles. The molecule has 0 radical (unpaired) electrons. The number of nitrogens with zero attached hydrogens (tertiary/aromatic N) is 1. The van der Waals surface area contributed by atoms with Crippen molar-refractivity contribution in [1.82, 2.24) is 73.8 Å². The van der Waals surface area contributed by atoms with Crippen LogP contribution in [0.4, 0.5) is 0 Å². The summed E-state index contributed by atoms with van der Waals surface area (Å²) in [4.78, 5) is 222. The number of amides is 15. The van der Waals surface area contributed by atoms with E-state index in [0.717, 1.165) is 6.92 Å². The molecule has 14 atom stereocenters. The highest BCUT2D eigenvalue weighted by atomic mass is 32.1. The first-order valence-electron chi connectivity index (χ1n) is 34.0. The molecule has 104 heavy (non-hydrogen) atoms. The number of H-pyrrole nitrogens is 1. The van der Waals surface area contributed by atoms with Crippen molar-refractivity contribution in [2.75, 3.05) is 18.8 Å². The van der Waals surface area contributed by atoms with Crippen molar-refractivity contribution < 1.29 is 86.9 Å². The number of aromatic nitrogens is 2. The maximum absolute atomic E-state index is 14.3. The molecule has 0 aliphatic heterocycles. The molecule has 39 heteroatoms. The maximum Gasteiger partial charge on any atom is 0.326 e. The Labute approximate surface area is 607 Å². The topological polar surface area (TPSA) is 643 Å². The number of carboxylic acid groups (broad SMARTS) is 1. The number of thiol groups is 1. The van der Waals surface area contributed by atoms with E-state index in [-0.39, 0.29) is 44.3 Å². The number of primary amides is 3. The standard InChI is InChI=1S/C65H106N20O18S/c1-31(2)49(84-62(99)50(32(3)4)82-59(96)43(27-48(71)89)79-58(95)42(26-47(70)88)77-53(90)34(7)74-57(94)41(24-36-16-10-9-11-17-36)78-54(91)38(68)18-12-14-22-66)61(98)76-40(20-21-46(69)87)56(93)75-39(19-13-15-23-67)55(92)81-45(29-104)60(97)83-51(33(5)6)63(100)85-52(35(8)86)64(101)80-44(65(102)103)25-37-28-72-30-73-37/h9-11,16-17,28,30-35,38-45,49-52,86,104H,12-15,18-27,29,66-68H2,1-8H3,(H2,69,87)(H2,70,88)(H2,71,89)(H,72,73)(H,74,94)(H,75,93)(H,76,98)(H,77,90)(H,78,91)(H,79,95)(H,80,101)(H,81,92)(H,82,96)(H,83,97)(H,84,99)(H,85,100)(H,102,103)/t34-,35+,38-,39-,40-,41-,42-,43-,44-,45-,49-,50-,51-,52-/m0/s1. The van der Waals surface area contributed by atoms with Crippen LogP contribution in [0.5, 0.6) is 0 Å². The van der Waals surface area contributed by atoms with E-state index in [0.29, 0.717) is 31.4 Å². The Hall–Kier alpha value is -9.86. The van der Waals surface area contributed by atoms with Crippen LogP contribution in [0.25, 0.3) is 0 Å². The first-order valence-corrected chi connectivity index (χ1v) is 34.7. The fourth-order valence-corrected chi connectivity index (χ4v) is 10.4. The number of carboxylic acids is 1. The number of hydrogen-bond acceptors (Lipinski definition) is 22. The van der Waals surface area contributed by atoms with E-state index in [9.17, 15) is 86.9 Å². The predicted octanol–water partition coefficient (Wildman–Crippen LogP) is -7.00. The molecule has 0 unspecified atom stereocenters. The van der Waals surface area contributed by atoms with Gasteiger partial charge in [0.25, 0.3) is 0 Å². The zero-order valence-corrected chi connectivity index (χ0v) is 60.6. The van der Waals surface area contributed by atoms with Crippen LogP contribution in [0.1, 0.15) is 131 Å². The van der Waals surface area contributed by atoms with Gasteiger partial charge in [-0.3, -0.25) is 71.9 Å². The van der Waals surface area contributed by atoms with Crippen LogP contribution < -0.4 is 98.2 Å². The van der Waals surface area contributed by atoms with E-state index in [1.807, 2.05) is 0 Å². The molecule has 2 aromatic rings. The van der Waals surface area contributed by atoms with Crippen LogP contribution >= 0.6 is 12.6 Å². The molecule has 15 amide bonds. The second-order valence-corrected chi connectivity index (χ2v) is 26.4. The molecular formula is C65H106N20O18S. The van der Waals surface area contributed by atoms with Crippen molar-refractivity contribution in [3.8, 4) is 0 Å². The minimum atomic E-state index is -1.91. The lowest BCUT2D eigenvalue weighted by Gasteiger charge is -2.30. The molecule has 580 valence electrons. The quantitative estimate of drug-likeness (QED) is 0.0216. The van der Waals surface area contributed by atoms with Gasteiger partial charge in [-0.1, -0.05) is 78.3 Å². The lowest BCUT2D eigenvalue weighted by molar-refractivity contribution is -0.143. The summed E-state index contributed by atoms with van der Waals surface area (Å²) in [5.74, 6) is -19.5. The van der Waals surface area contributed by atoms with Crippen LogP contribution in [0.15, 0.2) is 42.9 Å². The van der Waals surface area contributed by atoms with E-state index in [1.54, 1.807) is 30.3 Å². The van der Waals surface area contributed by atoms with Crippen LogP contribution in [-0.2, 0) is 89.6 Å². The van der Waals surface area contributed by atoms with Gasteiger partial charge < -0.3 is 113 Å². The van der Waals surface area contributed by atoms with Gasteiger partial charge in [-0.05, 0) is 88.8 Å². The minimum Gasteiger partial charge on any atom is -0.480 e. The highest BCUT2D eigenvalue weighted by molar-refractivity contribution is 7.80. The van der Waals surface area contributed by atoms with Gasteiger partial charge >= 0.3 is 5.97 Å². The third-order valence-electron chi connectivity index (χ3n) is 16.1. The van der Waals surface area contributed by atoms with Crippen molar-refractivity contribution in [1.29, 1.82) is 0 Å². The first-order chi connectivity index (χ1) is 48.8. The summed E-state index contributed by atoms with van der Waals surface area (Å²) >= 11 is 4.24. The van der Waals surface area contributed by atoms with Crippen molar-refractivity contribution >= 4 is 107 Å². The van der Waals surface area contributed by atoms with Gasteiger partial charge in [0.2, 0.25) is 88.6 Å². The number of aliphatic hydroxyl groups excluding tert-OH is 1. The number of aliphatic carboxylic acids is 1. The van der Waals surface area contributed by atoms with Gasteiger partial charge in [0.05, 0.1) is 37.0 Å². The zero-order valence-electron chi connectivity index (χ0n) is 59.7. The molecule has 1 aromatic heterocycles. The molecule has 0 saturated heterocycles. The number of hydrogen-bond donors (Lipinski definition) is 22. The molecule has 38 nitrogen and oxygen atoms in total. The fourth-order valence-electron chi connectivity index (χ4n) is 10.1. The summed E-state index contributed by atoms with van der Waals surface area (Å²) < 4.78 is 0. The van der Waals surface area contributed by atoms with Gasteiger partial charge in [0.15, 0.2) is 0 Å². The van der Waals surface area contributed by atoms with Crippen molar-refractivity contribution in [3.63, 3.8) is 0 Å². The van der Waals surface area contributed by atoms with E-state index >= 15 is 0 Å². The Balaban J connectivity index is 2.36. The number of unbranched alkanes of at least 4 members (excludes halogenated alkanes) is 2. The number of aliphatic hydroxyl groups is 1. The predicted molar refractivity (Wildman–Crippen MR) is 379 cm³/mol. The monoisotopic (exact) mass is 1490 g/mol. The van der Waals surface area contributed by atoms with E-state index in [2.05, 4.69) is 86.4 Å². The van der Waals surface area contributed by atoms with Crippen molar-refractivity contribution in [2.45, 2.75) is 217 Å². The lowest BCUT2D eigenvalue weighted by Crippen LogP contribution is -2.62. The number of aromatic amines is 1. The molecule has 0 aliphatic carbocycles. The van der Waals surface area contributed by atoms with E-state index in [1.165, 1.54) is 61.0 Å². The van der Waals surface area contributed by atoms with Crippen LogP contribution in [-0.4, -0.2) is 218 Å². The number of carbonyl (C=O) groups is 16. The fraction of sp³-hybridized carbons (Fsp3) is 0.615. The van der Waals surface area contributed by atoms with Gasteiger partial charge in [0.1, 0.15) is 72.5 Å². The summed E-state index contributed by atoms with van der Waals surface area (Å²) in [6.45, 7) is 12.0. The zero-order chi connectivity index (χ0) is 78.7. The lowest BCUT2D eigenvalue weighted by atomic mass is 9.98. The molecule has 0 bridgehead atoms. The van der Waals surface area contributed by atoms with Gasteiger partial charge in [-0.25, -0.2) is 9.78 Å². The summed E-state index contributed by atoms with van der Waals surface area (Å²) in [6.07, 6.45) is -0.101. The van der Waals surface area contributed by atoms with Crippen LogP contribution in [0.2, 0.25) is 0 Å². The summed E-state index contributed by atoms with van der Waals surface area (Å²) in [7, 11) is 0. The van der Waals surface area contributed by atoms with Gasteiger partial charge in [-0.2, -0.15) is 12.6 Å². The summed E-state index contributed by atoms with van der Waals surface area (Å²) in [5, 5.41) is 49.5. The molecule has 0 saturated carbocycles. The number of carbonyl (C=O) groups excluding carboxylic acids is 15. The molecule has 0 fully saturated rings. The number of imidazole rings is 1. The number of benzene rings is 1. The second kappa shape index (κ2) is 46.0. The largest absolute Gasteiger partial charge is 0.480 e. The van der Waals surface area contributed by atoms with Gasteiger partial charge in [-0.15, -0.1) is 0 Å². The van der Waals surface area contributed by atoms with E-state index in [4.69, 9.17) is 34.4 Å². The van der Waals surface area contributed by atoms with Crippen molar-refractivity contribution in [3.05, 3.63) is 54.1 Å². The average molecular weight is 1490 g/mol. The number of rotatable bonds is 49. The third-order valence-corrected chi connectivity index (χ3v) is 16.5. The molecular weight excluding hydrogens is 1380 g/mol. The van der Waals surface area contributed by atoms with Crippen LogP contribution in [0.3, 0.4) is 0 Å². The molecule has 27 N–H and O–H groups in total. The highest BCUT2D eigenvalue weighted by Gasteiger charge is 2.39. The van der Waals surface area contributed by atoms with Gasteiger partial charge in [0, 0.05) is 31.2 Å². The van der Waals surface area contributed by atoms with Crippen molar-refractivity contribution in [2.24, 2.45) is 52.2 Å². The smallest absolute Gasteiger partial charge is 0.326 e. The first kappa shape index (κ1) is 90.2. The summed E-state index contributed by atoms with van der Waals surface area (Å²) in [5.41, 5.74) is 34.8. The Bertz CT molecular complexity index is 3240. The van der Waals surface area contributed by atoms with E-state index < -0.39 is 228 Å². The number of nitrogens with two attached hydrogens (primary N) is 6.